The fraction of sp³-hybridized carbons (Fsp3) is 0.750. The minimum absolute atomic E-state index is 0.127. The fourth-order valence-electron chi connectivity index (χ4n) is 0.574. The van der Waals surface area contributed by atoms with Gasteiger partial charge in [0.05, 0.1) is 5.60 Å². The topological polar surface area (TPSA) is 18.5 Å². The largest absolute Gasteiger partial charge is 0.415 e. The zero-order valence-electron chi connectivity index (χ0n) is 7.81. The third-order valence-electron chi connectivity index (χ3n) is 0.860. The molecule has 0 unspecified atom stereocenters. The van der Waals surface area contributed by atoms with Crippen molar-refractivity contribution in [2.45, 2.75) is 33.3 Å². The van der Waals surface area contributed by atoms with Crippen molar-refractivity contribution in [1.29, 1.82) is 0 Å². The summed E-state index contributed by atoms with van der Waals surface area (Å²) in [5.74, 6) is 0. The molecule has 1 radical (unpaired) electrons. The Morgan fingerprint density at radius 1 is 1.45 bits per heavy atom. The Hall–Kier alpha value is -0.123. The third kappa shape index (κ3) is 6.28. The van der Waals surface area contributed by atoms with Crippen LogP contribution in [0.1, 0.15) is 27.7 Å². The third-order valence-corrected chi connectivity index (χ3v) is 2.58. The molecule has 0 aromatic heterocycles. The molecule has 0 amide bonds. The van der Waals surface area contributed by atoms with Crippen LogP contribution in [-0.2, 0) is 8.85 Å². The van der Waals surface area contributed by atoms with Crippen LogP contribution >= 0.6 is 0 Å². The summed E-state index contributed by atoms with van der Waals surface area (Å²) in [6.45, 7) is 12.4. The number of rotatable bonds is 4. The maximum atomic E-state index is 5.59. The maximum Gasteiger partial charge on any atom is 0.415 e. The van der Waals surface area contributed by atoms with Crippen molar-refractivity contribution in [3.05, 3.63) is 12.3 Å². The van der Waals surface area contributed by atoms with Gasteiger partial charge in [-0.3, -0.25) is 0 Å². The predicted octanol–water partition coefficient (Wildman–Crippen LogP) is 2.05. The first kappa shape index (κ1) is 10.9. The van der Waals surface area contributed by atoms with Crippen molar-refractivity contribution in [1.82, 2.24) is 0 Å². The molecular weight excluding hydrogens is 156 g/mol. The molecule has 0 fully saturated rings. The summed E-state index contributed by atoms with van der Waals surface area (Å²) in [5, 5.41) is 0. The highest BCUT2D eigenvalue weighted by molar-refractivity contribution is 6.50. The van der Waals surface area contributed by atoms with E-state index in [-0.39, 0.29) is 5.60 Å². The average molecular weight is 173 g/mol. The van der Waals surface area contributed by atoms with Crippen LogP contribution in [0.3, 0.4) is 0 Å². The van der Waals surface area contributed by atoms with Gasteiger partial charge in [-0.2, -0.15) is 0 Å². The molecule has 0 aliphatic carbocycles. The van der Waals surface area contributed by atoms with Gasteiger partial charge in [0, 0.05) is 6.61 Å². The van der Waals surface area contributed by atoms with Crippen LogP contribution in [0, 0.1) is 0 Å². The molecular formula is C8H17O2Si. The molecule has 3 heteroatoms. The normalized spacial score (nSPS) is 12.1. The molecule has 0 aliphatic heterocycles. The predicted molar refractivity (Wildman–Crippen MR) is 48.4 cm³/mol. The minimum atomic E-state index is -1.23. The van der Waals surface area contributed by atoms with Crippen molar-refractivity contribution >= 4 is 9.28 Å². The lowest BCUT2D eigenvalue weighted by molar-refractivity contribution is 0.0903. The van der Waals surface area contributed by atoms with Gasteiger partial charge in [-0.15, -0.1) is 6.58 Å². The lowest BCUT2D eigenvalue weighted by Gasteiger charge is -2.23. The molecule has 0 spiro atoms. The Bertz CT molecular complexity index is 118. The summed E-state index contributed by atoms with van der Waals surface area (Å²) in [6.07, 6.45) is 0. The molecule has 0 saturated heterocycles. The Labute approximate surface area is 71.1 Å². The molecule has 0 aliphatic rings. The van der Waals surface area contributed by atoms with E-state index >= 15 is 0 Å². The highest BCUT2D eigenvalue weighted by Gasteiger charge is 2.19. The Balaban J connectivity index is 3.77. The monoisotopic (exact) mass is 173 g/mol. The zero-order valence-corrected chi connectivity index (χ0v) is 8.81. The second-order valence-electron chi connectivity index (χ2n) is 3.17. The van der Waals surface area contributed by atoms with Gasteiger partial charge in [0.1, 0.15) is 0 Å². The van der Waals surface area contributed by atoms with E-state index in [1.54, 1.807) is 5.70 Å². The molecule has 0 saturated carbocycles. The Morgan fingerprint density at radius 2 is 2.00 bits per heavy atom. The van der Waals surface area contributed by atoms with Gasteiger partial charge in [0.2, 0.25) is 0 Å². The van der Waals surface area contributed by atoms with Gasteiger partial charge < -0.3 is 8.85 Å². The van der Waals surface area contributed by atoms with E-state index in [0.717, 1.165) is 0 Å². The van der Waals surface area contributed by atoms with Gasteiger partial charge in [-0.1, -0.05) is 0 Å². The maximum absolute atomic E-state index is 5.59. The van der Waals surface area contributed by atoms with E-state index in [0.29, 0.717) is 6.61 Å². The number of hydrogen-bond donors (Lipinski definition) is 0. The molecule has 0 bridgehead atoms. The van der Waals surface area contributed by atoms with E-state index in [2.05, 4.69) is 6.58 Å². The van der Waals surface area contributed by atoms with Crippen LogP contribution in [0.5, 0.6) is 0 Å². The number of hydrogen-bond acceptors (Lipinski definition) is 2. The van der Waals surface area contributed by atoms with Crippen molar-refractivity contribution < 1.29 is 8.85 Å². The lowest BCUT2D eigenvalue weighted by atomic mass is 10.2. The first-order chi connectivity index (χ1) is 4.99. The molecule has 65 valence electrons. The summed E-state index contributed by atoms with van der Waals surface area (Å²) >= 11 is 0. The standard InChI is InChI=1S/C8H17O2Si/c1-6-9-11(7-2)10-8(3,4)5/h7H,2,6H2,1,3-5H3. The lowest BCUT2D eigenvalue weighted by Crippen LogP contribution is -2.31. The molecule has 11 heavy (non-hydrogen) atoms. The molecule has 0 aromatic rings. The molecule has 0 rings (SSSR count). The zero-order chi connectivity index (χ0) is 8.91. The summed E-state index contributed by atoms with van der Waals surface area (Å²) in [4.78, 5) is 0. The van der Waals surface area contributed by atoms with Gasteiger partial charge in [0.25, 0.3) is 0 Å². The van der Waals surface area contributed by atoms with E-state index < -0.39 is 9.28 Å². The Kier molecular flexibility index (Phi) is 4.64. The summed E-state index contributed by atoms with van der Waals surface area (Å²) in [6, 6.07) is 0. The van der Waals surface area contributed by atoms with Gasteiger partial charge in [-0.25, -0.2) is 0 Å². The summed E-state index contributed by atoms with van der Waals surface area (Å²) in [5.41, 5.74) is 1.64. The first-order valence-corrected chi connectivity index (χ1v) is 5.20. The highest BCUT2D eigenvalue weighted by atomic mass is 28.3. The molecule has 0 N–H and O–H groups in total. The fourth-order valence-corrected chi connectivity index (χ4v) is 1.72. The molecule has 0 aromatic carbocycles. The quantitative estimate of drug-likeness (QED) is 0.606. The SMILES string of the molecule is C=C[Si](OCC)OC(C)(C)C. The van der Waals surface area contributed by atoms with Gasteiger partial charge in [-0.05, 0) is 33.4 Å². The summed E-state index contributed by atoms with van der Waals surface area (Å²) in [7, 11) is -1.23. The van der Waals surface area contributed by atoms with Crippen LogP contribution in [0.4, 0.5) is 0 Å². The Morgan fingerprint density at radius 3 is 2.27 bits per heavy atom. The van der Waals surface area contributed by atoms with E-state index in [4.69, 9.17) is 8.85 Å². The van der Waals surface area contributed by atoms with E-state index in [1.165, 1.54) is 0 Å². The van der Waals surface area contributed by atoms with Crippen LogP contribution in [-0.4, -0.2) is 21.5 Å². The summed E-state index contributed by atoms with van der Waals surface area (Å²) < 4.78 is 10.9. The minimum Gasteiger partial charge on any atom is -0.391 e. The second-order valence-corrected chi connectivity index (χ2v) is 4.71. The van der Waals surface area contributed by atoms with Crippen LogP contribution in [0.15, 0.2) is 12.3 Å². The van der Waals surface area contributed by atoms with Crippen LogP contribution in [0.2, 0.25) is 0 Å². The average Bonchev–Trinajstić information content (AvgIpc) is 1.84. The molecule has 0 atom stereocenters. The van der Waals surface area contributed by atoms with Gasteiger partial charge in [0.15, 0.2) is 0 Å². The van der Waals surface area contributed by atoms with E-state index in [1.807, 2.05) is 27.7 Å². The molecule has 0 heterocycles. The highest BCUT2D eigenvalue weighted by Crippen LogP contribution is 2.09. The van der Waals surface area contributed by atoms with Crippen molar-refractivity contribution in [3.63, 3.8) is 0 Å². The van der Waals surface area contributed by atoms with Crippen molar-refractivity contribution in [2.24, 2.45) is 0 Å². The second kappa shape index (κ2) is 4.69. The molecule has 2 nitrogen and oxygen atoms in total. The van der Waals surface area contributed by atoms with Crippen molar-refractivity contribution in [2.75, 3.05) is 6.61 Å². The van der Waals surface area contributed by atoms with E-state index in [9.17, 15) is 0 Å². The van der Waals surface area contributed by atoms with Crippen molar-refractivity contribution in [3.8, 4) is 0 Å². The van der Waals surface area contributed by atoms with Crippen LogP contribution < -0.4 is 0 Å². The first-order valence-electron chi connectivity index (χ1n) is 3.81. The van der Waals surface area contributed by atoms with Crippen LogP contribution in [0.25, 0.3) is 0 Å². The smallest absolute Gasteiger partial charge is 0.391 e. The van der Waals surface area contributed by atoms with Gasteiger partial charge >= 0.3 is 9.28 Å².